The van der Waals surface area contributed by atoms with Crippen molar-refractivity contribution in [2.75, 3.05) is 36.9 Å². The molecule has 2 N–H and O–H groups in total. The summed E-state index contributed by atoms with van der Waals surface area (Å²) in [6, 6.07) is 16.1. The topological polar surface area (TPSA) is 87.7 Å². The van der Waals surface area contributed by atoms with Crippen LogP contribution in [0.1, 0.15) is 30.1 Å². The number of hydrogen-bond acceptors (Lipinski definition) is 5. The van der Waals surface area contributed by atoms with E-state index in [2.05, 4.69) is 15.5 Å². The number of carbonyl (C=O) groups excluding carboxylic acids is 3. The van der Waals surface area contributed by atoms with E-state index in [1.165, 1.54) is 0 Å². The maximum absolute atomic E-state index is 12.4. The number of nitrogens with one attached hydrogen (secondary N) is 2. The molecule has 2 amide bonds. The zero-order valence-corrected chi connectivity index (χ0v) is 17.1. The lowest BCUT2D eigenvalue weighted by Crippen LogP contribution is -2.41. The quantitative estimate of drug-likeness (QED) is 0.686. The van der Waals surface area contributed by atoms with Crippen molar-refractivity contribution < 1.29 is 19.1 Å². The van der Waals surface area contributed by atoms with Crippen molar-refractivity contribution >= 4 is 29.2 Å². The fourth-order valence-electron chi connectivity index (χ4n) is 3.43. The van der Waals surface area contributed by atoms with Crippen molar-refractivity contribution in [3.05, 3.63) is 60.2 Å². The number of nitrogens with zero attached hydrogens (tertiary/aromatic N) is 1. The monoisotopic (exact) mass is 409 g/mol. The Morgan fingerprint density at radius 3 is 2.20 bits per heavy atom. The Morgan fingerprint density at radius 2 is 1.57 bits per heavy atom. The van der Waals surface area contributed by atoms with Crippen LogP contribution in [0.3, 0.4) is 0 Å². The number of rotatable bonds is 7. The van der Waals surface area contributed by atoms with Crippen LogP contribution in [0.4, 0.5) is 11.4 Å². The molecule has 0 unspecified atom stereocenters. The largest absolute Gasteiger partial charge is 0.462 e. The Balaban J connectivity index is 1.41. The van der Waals surface area contributed by atoms with Crippen molar-refractivity contribution in [2.24, 2.45) is 5.92 Å². The van der Waals surface area contributed by atoms with Crippen molar-refractivity contribution in [1.29, 1.82) is 0 Å². The molecule has 0 aliphatic carbocycles. The molecular weight excluding hydrogens is 382 g/mol. The Labute approximate surface area is 176 Å². The molecule has 158 valence electrons. The minimum absolute atomic E-state index is 0.0343. The van der Waals surface area contributed by atoms with E-state index in [0.717, 1.165) is 18.5 Å². The van der Waals surface area contributed by atoms with Crippen LogP contribution in [-0.2, 0) is 14.3 Å². The lowest BCUT2D eigenvalue weighted by molar-refractivity contribution is -0.121. The predicted molar refractivity (Wildman–Crippen MR) is 115 cm³/mol. The van der Waals surface area contributed by atoms with E-state index >= 15 is 0 Å². The number of amides is 2. The molecule has 1 saturated heterocycles. The van der Waals surface area contributed by atoms with E-state index < -0.39 is 0 Å². The Morgan fingerprint density at radius 1 is 0.933 bits per heavy atom. The average Bonchev–Trinajstić information content (AvgIpc) is 2.75. The second kappa shape index (κ2) is 10.5. The molecule has 30 heavy (non-hydrogen) atoms. The minimum atomic E-state index is -0.380. The first-order valence-electron chi connectivity index (χ1n) is 10.2. The predicted octanol–water partition coefficient (Wildman–Crippen LogP) is 3.15. The van der Waals surface area contributed by atoms with E-state index in [1.807, 2.05) is 30.3 Å². The van der Waals surface area contributed by atoms with Gasteiger partial charge >= 0.3 is 5.97 Å². The van der Waals surface area contributed by atoms with Gasteiger partial charge in [-0.25, -0.2) is 4.79 Å². The standard InChI is InChI=1S/C23H27N3O4/c1-2-30-23(29)18-8-10-20(11-9-18)24-21(27)16-26-14-12-17(13-15-26)22(28)25-19-6-4-3-5-7-19/h3-11,17H,2,12-16H2,1H3,(H,24,27)(H,25,28). The Kier molecular flexibility index (Phi) is 7.57. The van der Waals surface area contributed by atoms with E-state index in [9.17, 15) is 14.4 Å². The zero-order valence-electron chi connectivity index (χ0n) is 17.1. The van der Waals surface area contributed by atoms with Crippen molar-refractivity contribution in [3.8, 4) is 0 Å². The van der Waals surface area contributed by atoms with Gasteiger partial charge in [0.1, 0.15) is 0 Å². The number of piperidine rings is 1. The Hall–Kier alpha value is -3.19. The molecule has 1 aliphatic rings. The number of ether oxygens (including phenoxy) is 1. The summed E-state index contributed by atoms with van der Waals surface area (Å²) in [4.78, 5) is 38.5. The summed E-state index contributed by atoms with van der Waals surface area (Å²) in [6.07, 6.45) is 1.44. The van der Waals surface area contributed by atoms with Gasteiger partial charge in [0.2, 0.25) is 11.8 Å². The van der Waals surface area contributed by atoms with Crippen LogP contribution in [0.5, 0.6) is 0 Å². The van der Waals surface area contributed by atoms with Gasteiger partial charge in [-0.2, -0.15) is 0 Å². The smallest absolute Gasteiger partial charge is 0.338 e. The van der Waals surface area contributed by atoms with Crippen molar-refractivity contribution in [1.82, 2.24) is 4.90 Å². The molecular formula is C23H27N3O4. The van der Waals surface area contributed by atoms with Gasteiger partial charge < -0.3 is 15.4 Å². The van der Waals surface area contributed by atoms with Crippen LogP contribution in [0.25, 0.3) is 0 Å². The van der Waals surface area contributed by atoms with E-state index in [1.54, 1.807) is 31.2 Å². The van der Waals surface area contributed by atoms with Crippen LogP contribution >= 0.6 is 0 Å². The van der Waals surface area contributed by atoms with Gasteiger partial charge in [-0.05, 0) is 69.3 Å². The molecule has 2 aromatic rings. The molecule has 0 spiro atoms. The summed E-state index contributed by atoms with van der Waals surface area (Å²) in [5.41, 5.74) is 1.88. The lowest BCUT2D eigenvalue weighted by Gasteiger charge is -2.30. The highest BCUT2D eigenvalue weighted by molar-refractivity contribution is 5.94. The maximum Gasteiger partial charge on any atom is 0.338 e. The van der Waals surface area contributed by atoms with Crippen molar-refractivity contribution in [2.45, 2.75) is 19.8 Å². The van der Waals surface area contributed by atoms with Crippen LogP contribution in [0.2, 0.25) is 0 Å². The molecule has 7 heteroatoms. The van der Waals surface area contributed by atoms with E-state index in [4.69, 9.17) is 4.74 Å². The number of carbonyl (C=O) groups is 3. The highest BCUT2D eigenvalue weighted by Gasteiger charge is 2.26. The van der Waals surface area contributed by atoms with Crippen LogP contribution in [-0.4, -0.2) is 48.9 Å². The molecule has 0 saturated carbocycles. The third-order valence-corrected chi connectivity index (χ3v) is 5.05. The number of benzene rings is 2. The molecule has 0 atom stereocenters. The molecule has 2 aromatic carbocycles. The molecule has 0 radical (unpaired) electrons. The molecule has 3 rings (SSSR count). The first kappa shape index (κ1) is 21.5. The van der Waals surface area contributed by atoms with Gasteiger partial charge in [0, 0.05) is 17.3 Å². The van der Waals surface area contributed by atoms with Crippen LogP contribution < -0.4 is 10.6 Å². The summed E-state index contributed by atoms with van der Waals surface area (Å²) < 4.78 is 4.95. The number of anilines is 2. The zero-order chi connectivity index (χ0) is 21.3. The lowest BCUT2D eigenvalue weighted by atomic mass is 9.96. The highest BCUT2D eigenvalue weighted by atomic mass is 16.5. The summed E-state index contributed by atoms with van der Waals surface area (Å²) >= 11 is 0. The fraction of sp³-hybridized carbons (Fsp3) is 0.348. The summed E-state index contributed by atoms with van der Waals surface area (Å²) in [6.45, 7) is 3.74. The summed E-state index contributed by atoms with van der Waals surface area (Å²) in [5.74, 6) is -0.507. The van der Waals surface area contributed by atoms with Crippen LogP contribution in [0.15, 0.2) is 54.6 Å². The average molecular weight is 409 g/mol. The molecule has 7 nitrogen and oxygen atoms in total. The number of hydrogen-bond donors (Lipinski definition) is 2. The van der Waals surface area contributed by atoms with Gasteiger partial charge in [-0.1, -0.05) is 18.2 Å². The molecule has 0 aromatic heterocycles. The fourth-order valence-corrected chi connectivity index (χ4v) is 3.43. The third kappa shape index (κ3) is 6.15. The third-order valence-electron chi connectivity index (χ3n) is 5.05. The van der Waals surface area contributed by atoms with Gasteiger partial charge in [0.15, 0.2) is 0 Å². The molecule has 1 aliphatic heterocycles. The molecule has 0 bridgehead atoms. The molecule has 1 fully saturated rings. The number of likely N-dealkylation sites (tertiary alicyclic amines) is 1. The second-order valence-corrected chi connectivity index (χ2v) is 7.25. The van der Waals surface area contributed by atoms with Gasteiger partial charge in [0.05, 0.1) is 18.7 Å². The van der Waals surface area contributed by atoms with Crippen molar-refractivity contribution in [3.63, 3.8) is 0 Å². The van der Waals surface area contributed by atoms with E-state index in [0.29, 0.717) is 30.9 Å². The van der Waals surface area contributed by atoms with E-state index in [-0.39, 0.29) is 30.2 Å². The first-order valence-corrected chi connectivity index (χ1v) is 10.2. The molecule has 1 heterocycles. The van der Waals surface area contributed by atoms with Gasteiger partial charge in [0.25, 0.3) is 0 Å². The highest BCUT2D eigenvalue weighted by Crippen LogP contribution is 2.19. The summed E-state index contributed by atoms with van der Waals surface area (Å²) in [7, 11) is 0. The minimum Gasteiger partial charge on any atom is -0.462 e. The van der Waals surface area contributed by atoms with Gasteiger partial charge in [-0.3, -0.25) is 14.5 Å². The SMILES string of the molecule is CCOC(=O)c1ccc(NC(=O)CN2CCC(C(=O)Nc3ccccc3)CC2)cc1. The van der Waals surface area contributed by atoms with Gasteiger partial charge in [-0.15, -0.1) is 0 Å². The Bertz CT molecular complexity index is 860. The number of esters is 1. The normalized spacial score (nSPS) is 14.7. The number of para-hydroxylation sites is 1. The van der Waals surface area contributed by atoms with Crippen LogP contribution in [0, 0.1) is 5.92 Å². The maximum atomic E-state index is 12.4. The summed E-state index contributed by atoms with van der Waals surface area (Å²) in [5, 5.41) is 5.79. The first-order chi connectivity index (χ1) is 14.5. The second-order valence-electron chi connectivity index (χ2n) is 7.25.